The SMILES string of the molecule is COc1ccc(Br)c2cc(-c3cn4c(n3)SC(OC)N4)oc12. The lowest BCUT2D eigenvalue weighted by atomic mass is 10.2. The van der Waals surface area contributed by atoms with Gasteiger partial charge in [-0.15, -0.1) is 0 Å². The Hall–Kier alpha value is -1.64. The Kier molecular flexibility index (Phi) is 3.32. The highest BCUT2D eigenvalue weighted by molar-refractivity contribution is 9.10. The fraction of sp³-hybridized carbons (Fsp3) is 0.214. The lowest BCUT2D eigenvalue weighted by Gasteiger charge is -2.06. The average molecular weight is 382 g/mol. The van der Waals surface area contributed by atoms with Gasteiger partial charge in [0.2, 0.25) is 0 Å². The highest BCUT2D eigenvalue weighted by atomic mass is 79.9. The molecule has 4 rings (SSSR count). The maximum absolute atomic E-state index is 5.95. The summed E-state index contributed by atoms with van der Waals surface area (Å²) in [5, 5.41) is 1.80. The number of nitrogens with zero attached hydrogens (tertiary/aromatic N) is 2. The minimum absolute atomic E-state index is 0.110. The zero-order valence-electron chi connectivity index (χ0n) is 11.8. The van der Waals surface area contributed by atoms with Crippen molar-refractivity contribution < 1.29 is 13.9 Å². The molecule has 22 heavy (non-hydrogen) atoms. The zero-order chi connectivity index (χ0) is 15.3. The third-order valence-electron chi connectivity index (χ3n) is 3.41. The summed E-state index contributed by atoms with van der Waals surface area (Å²) in [6.45, 7) is 0. The molecule has 0 saturated carbocycles. The number of nitrogens with one attached hydrogen (secondary N) is 1. The van der Waals surface area contributed by atoms with Gasteiger partial charge in [0.05, 0.1) is 13.3 Å². The summed E-state index contributed by atoms with van der Waals surface area (Å²) < 4.78 is 19.3. The number of imidazole rings is 1. The monoisotopic (exact) mass is 381 g/mol. The number of methoxy groups -OCH3 is 2. The van der Waals surface area contributed by atoms with Crippen molar-refractivity contribution in [3.8, 4) is 17.2 Å². The fourth-order valence-corrected chi connectivity index (χ4v) is 3.60. The minimum Gasteiger partial charge on any atom is -0.493 e. The molecule has 0 saturated heterocycles. The van der Waals surface area contributed by atoms with Gasteiger partial charge in [-0.1, -0.05) is 15.9 Å². The molecule has 2 aromatic heterocycles. The van der Waals surface area contributed by atoms with Gasteiger partial charge in [-0.3, -0.25) is 5.43 Å². The van der Waals surface area contributed by atoms with E-state index in [-0.39, 0.29) is 5.56 Å². The van der Waals surface area contributed by atoms with Crippen LogP contribution in [-0.2, 0) is 4.74 Å². The van der Waals surface area contributed by atoms with Gasteiger partial charge in [0.15, 0.2) is 27.8 Å². The van der Waals surface area contributed by atoms with Gasteiger partial charge < -0.3 is 13.9 Å². The van der Waals surface area contributed by atoms with Gasteiger partial charge in [0.25, 0.3) is 0 Å². The number of furan rings is 1. The molecule has 1 unspecified atom stereocenters. The van der Waals surface area contributed by atoms with Crippen LogP contribution in [0.4, 0.5) is 0 Å². The summed E-state index contributed by atoms with van der Waals surface area (Å²) in [5.74, 6) is 1.39. The molecule has 1 aromatic carbocycles. The van der Waals surface area contributed by atoms with E-state index in [0.717, 1.165) is 20.7 Å². The van der Waals surface area contributed by atoms with Crippen molar-refractivity contribution in [1.82, 2.24) is 9.66 Å². The molecule has 0 amide bonds. The number of ether oxygens (including phenoxy) is 2. The highest BCUT2D eigenvalue weighted by Gasteiger charge is 2.25. The first kappa shape index (κ1) is 14.0. The van der Waals surface area contributed by atoms with Crippen LogP contribution >= 0.6 is 27.7 Å². The number of rotatable bonds is 3. The molecule has 6 nitrogen and oxygen atoms in total. The smallest absolute Gasteiger partial charge is 0.196 e. The van der Waals surface area contributed by atoms with Crippen LogP contribution in [0.25, 0.3) is 22.4 Å². The predicted molar refractivity (Wildman–Crippen MR) is 87.7 cm³/mol. The second-order valence-corrected chi connectivity index (χ2v) is 6.58. The molecule has 0 aliphatic carbocycles. The summed E-state index contributed by atoms with van der Waals surface area (Å²) in [6, 6.07) is 5.76. The molecule has 1 atom stereocenters. The van der Waals surface area contributed by atoms with E-state index in [0.29, 0.717) is 17.1 Å². The van der Waals surface area contributed by atoms with Crippen molar-refractivity contribution >= 4 is 38.7 Å². The van der Waals surface area contributed by atoms with Crippen molar-refractivity contribution in [2.75, 3.05) is 19.6 Å². The van der Waals surface area contributed by atoms with Gasteiger partial charge >= 0.3 is 0 Å². The Morgan fingerprint density at radius 1 is 1.41 bits per heavy atom. The molecular formula is C14H12BrN3O3S. The number of hydrogen-bond donors (Lipinski definition) is 1. The summed E-state index contributed by atoms with van der Waals surface area (Å²) in [7, 11) is 3.28. The van der Waals surface area contributed by atoms with Crippen LogP contribution in [0.1, 0.15) is 0 Å². The molecule has 0 radical (unpaired) electrons. The van der Waals surface area contributed by atoms with Gasteiger partial charge in [0, 0.05) is 17.0 Å². The van der Waals surface area contributed by atoms with Crippen LogP contribution < -0.4 is 10.2 Å². The summed E-state index contributed by atoms with van der Waals surface area (Å²) in [5.41, 5.74) is 4.51. The molecular weight excluding hydrogens is 370 g/mol. The van der Waals surface area contributed by atoms with Gasteiger partial charge in [-0.2, -0.15) is 0 Å². The second kappa shape index (κ2) is 5.22. The van der Waals surface area contributed by atoms with E-state index in [1.54, 1.807) is 14.2 Å². The Bertz CT molecular complexity index is 837. The zero-order valence-corrected chi connectivity index (χ0v) is 14.2. The topological polar surface area (TPSA) is 61.5 Å². The quantitative estimate of drug-likeness (QED) is 0.746. The lowest BCUT2D eigenvalue weighted by Crippen LogP contribution is -2.19. The number of thioether (sulfide) groups is 1. The molecule has 3 heterocycles. The first-order chi connectivity index (χ1) is 10.7. The molecule has 0 bridgehead atoms. The van der Waals surface area contributed by atoms with Crippen LogP contribution in [0.3, 0.4) is 0 Å². The van der Waals surface area contributed by atoms with E-state index < -0.39 is 0 Å². The summed E-state index contributed by atoms with van der Waals surface area (Å²) in [4.78, 5) is 4.57. The van der Waals surface area contributed by atoms with E-state index in [1.807, 2.05) is 29.1 Å². The molecule has 1 N–H and O–H groups in total. The van der Waals surface area contributed by atoms with Crippen molar-refractivity contribution in [2.45, 2.75) is 10.7 Å². The van der Waals surface area contributed by atoms with Crippen molar-refractivity contribution in [3.63, 3.8) is 0 Å². The van der Waals surface area contributed by atoms with Crippen LogP contribution in [-0.4, -0.2) is 29.4 Å². The molecule has 3 aromatic rings. The van der Waals surface area contributed by atoms with Crippen molar-refractivity contribution in [3.05, 3.63) is 28.9 Å². The van der Waals surface area contributed by atoms with Crippen LogP contribution in [0.2, 0.25) is 0 Å². The van der Waals surface area contributed by atoms with Crippen LogP contribution in [0, 0.1) is 0 Å². The first-order valence-corrected chi connectivity index (χ1v) is 8.18. The Balaban J connectivity index is 1.78. The standard InChI is InChI=1S/C14H12BrN3O3S/c1-19-10-4-3-8(15)7-5-11(21-12(7)10)9-6-18-13(16-9)22-14(17-18)20-2/h3-6,14,17H,1-2H3. The Labute approximate surface area is 138 Å². The first-order valence-electron chi connectivity index (χ1n) is 6.51. The van der Waals surface area contributed by atoms with Crippen molar-refractivity contribution in [2.24, 2.45) is 0 Å². The van der Waals surface area contributed by atoms with Gasteiger partial charge in [0.1, 0.15) is 5.69 Å². The largest absolute Gasteiger partial charge is 0.493 e. The second-order valence-electron chi connectivity index (χ2n) is 4.70. The number of halogens is 1. The van der Waals surface area contributed by atoms with E-state index in [4.69, 9.17) is 13.9 Å². The van der Waals surface area contributed by atoms with Gasteiger partial charge in [-0.05, 0) is 30.0 Å². The molecule has 1 aliphatic rings. The average Bonchev–Trinajstić information content (AvgIpc) is 3.19. The predicted octanol–water partition coefficient (Wildman–Crippen LogP) is 3.65. The maximum atomic E-state index is 5.95. The number of aromatic nitrogens is 2. The number of hydrogen-bond acceptors (Lipinski definition) is 6. The third kappa shape index (κ3) is 2.10. The summed E-state index contributed by atoms with van der Waals surface area (Å²) in [6.07, 6.45) is 1.89. The highest BCUT2D eigenvalue weighted by Crippen LogP contribution is 2.38. The number of benzene rings is 1. The third-order valence-corrected chi connectivity index (χ3v) is 5.11. The number of fused-ring (bicyclic) bond motifs is 2. The van der Waals surface area contributed by atoms with Crippen molar-refractivity contribution in [1.29, 1.82) is 0 Å². The van der Waals surface area contributed by atoms with Gasteiger partial charge in [-0.25, -0.2) is 9.66 Å². The van der Waals surface area contributed by atoms with E-state index in [1.165, 1.54) is 11.8 Å². The Morgan fingerprint density at radius 3 is 3.00 bits per heavy atom. The minimum atomic E-state index is -0.110. The molecule has 0 spiro atoms. The fourth-order valence-electron chi connectivity index (χ4n) is 2.35. The Morgan fingerprint density at radius 2 is 2.27 bits per heavy atom. The maximum Gasteiger partial charge on any atom is 0.196 e. The molecule has 8 heteroatoms. The van der Waals surface area contributed by atoms with Crippen LogP contribution in [0.15, 0.2) is 38.4 Å². The van der Waals surface area contributed by atoms with E-state index >= 15 is 0 Å². The molecule has 114 valence electrons. The lowest BCUT2D eigenvalue weighted by molar-refractivity contribution is 0.187. The van der Waals surface area contributed by atoms with Crippen LogP contribution in [0.5, 0.6) is 5.75 Å². The molecule has 1 aliphatic heterocycles. The normalized spacial score (nSPS) is 16.8. The molecule has 0 fully saturated rings. The summed E-state index contributed by atoms with van der Waals surface area (Å²) >= 11 is 5.05. The van der Waals surface area contributed by atoms with E-state index in [2.05, 4.69) is 26.3 Å². The van der Waals surface area contributed by atoms with E-state index in [9.17, 15) is 0 Å².